The van der Waals surface area contributed by atoms with E-state index < -0.39 is 0 Å². The molecule has 0 saturated heterocycles. The second-order valence-corrected chi connectivity index (χ2v) is 4.44. The Morgan fingerprint density at radius 3 is 2.93 bits per heavy atom. The van der Waals surface area contributed by atoms with E-state index in [1.165, 1.54) is 0 Å². The van der Waals surface area contributed by atoms with Crippen molar-refractivity contribution in [2.24, 2.45) is 4.99 Å². The molecule has 76 valence electrons. The number of aromatic nitrogens is 1. The number of anilines is 1. The SMILES string of the molecule is CN(C)c1nc2ccc(N=C=S)cc2s1. The zero-order chi connectivity index (χ0) is 10.8. The number of rotatable bonds is 2. The first-order chi connectivity index (χ1) is 7.20. The van der Waals surface area contributed by atoms with Gasteiger partial charge in [-0.3, -0.25) is 0 Å². The normalized spacial score (nSPS) is 10.0. The van der Waals surface area contributed by atoms with E-state index in [4.69, 9.17) is 0 Å². The molecule has 5 heteroatoms. The van der Waals surface area contributed by atoms with Crippen molar-refractivity contribution >= 4 is 49.8 Å². The first-order valence-electron chi connectivity index (χ1n) is 4.36. The third kappa shape index (κ3) is 2.04. The van der Waals surface area contributed by atoms with Crippen molar-refractivity contribution in [1.29, 1.82) is 0 Å². The van der Waals surface area contributed by atoms with Gasteiger partial charge < -0.3 is 4.90 Å². The van der Waals surface area contributed by atoms with Crippen molar-refractivity contribution in [3.63, 3.8) is 0 Å². The van der Waals surface area contributed by atoms with Crippen LogP contribution in [-0.2, 0) is 0 Å². The highest BCUT2D eigenvalue weighted by molar-refractivity contribution is 7.78. The van der Waals surface area contributed by atoms with Gasteiger partial charge >= 0.3 is 0 Å². The fourth-order valence-electron chi connectivity index (χ4n) is 1.21. The van der Waals surface area contributed by atoms with Gasteiger partial charge in [0.2, 0.25) is 0 Å². The number of hydrogen-bond acceptors (Lipinski definition) is 5. The topological polar surface area (TPSA) is 28.5 Å². The van der Waals surface area contributed by atoms with Crippen LogP contribution in [0.5, 0.6) is 0 Å². The third-order valence-electron chi connectivity index (χ3n) is 1.92. The number of hydrogen-bond donors (Lipinski definition) is 0. The van der Waals surface area contributed by atoms with Crippen LogP contribution in [0.25, 0.3) is 10.2 Å². The lowest BCUT2D eigenvalue weighted by Crippen LogP contribution is -2.07. The molecule has 0 spiro atoms. The highest BCUT2D eigenvalue weighted by Crippen LogP contribution is 2.30. The Kier molecular flexibility index (Phi) is 2.77. The first kappa shape index (κ1) is 10.2. The van der Waals surface area contributed by atoms with E-state index in [-0.39, 0.29) is 0 Å². The van der Waals surface area contributed by atoms with E-state index >= 15 is 0 Å². The molecule has 0 aliphatic rings. The zero-order valence-corrected chi connectivity index (χ0v) is 10.0. The summed E-state index contributed by atoms with van der Waals surface area (Å²) >= 11 is 6.20. The van der Waals surface area contributed by atoms with Crippen molar-refractivity contribution in [3.05, 3.63) is 18.2 Å². The monoisotopic (exact) mass is 235 g/mol. The Labute approximate surface area is 97.1 Å². The van der Waals surface area contributed by atoms with Gasteiger partial charge in [0.05, 0.1) is 21.1 Å². The minimum Gasteiger partial charge on any atom is -0.354 e. The molecule has 1 aromatic heterocycles. The lowest BCUT2D eigenvalue weighted by Gasteiger charge is -2.04. The van der Waals surface area contributed by atoms with Crippen LogP contribution in [0, 0.1) is 0 Å². The largest absolute Gasteiger partial charge is 0.354 e. The second kappa shape index (κ2) is 4.06. The molecule has 3 nitrogen and oxygen atoms in total. The molecular weight excluding hydrogens is 226 g/mol. The van der Waals surface area contributed by atoms with Crippen molar-refractivity contribution in [2.45, 2.75) is 0 Å². The number of isothiocyanates is 1. The summed E-state index contributed by atoms with van der Waals surface area (Å²) in [5.74, 6) is 0. The predicted octanol–water partition coefficient (Wildman–Crippen LogP) is 3.10. The van der Waals surface area contributed by atoms with E-state index in [1.54, 1.807) is 11.3 Å². The van der Waals surface area contributed by atoms with Crippen molar-refractivity contribution in [1.82, 2.24) is 4.98 Å². The van der Waals surface area contributed by atoms with Gasteiger partial charge in [-0.05, 0) is 30.4 Å². The Bertz CT molecular complexity index is 539. The lowest BCUT2D eigenvalue weighted by molar-refractivity contribution is 1.11. The van der Waals surface area contributed by atoms with Gasteiger partial charge in [0, 0.05) is 14.1 Å². The van der Waals surface area contributed by atoms with E-state index in [9.17, 15) is 0 Å². The average molecular weight is 235 g/mol. The maximum atomic E-state index is 4.57. The minimum absolute atomic E-state index is 0.825. The Morgan fingerprint density at radius 1 is 1.47 bits per heavy atom. The predicted molar refractivity (Wildman–Crippen MR) is 68.6 cm³/mol. The smallest absolute Gasteiger partial charge is 0.185 e. The molecule has 0 saturated carbocycles. The highest BCUT2D eigenvalue weighted by Gasteiger charge is 2.05. The summed E-state index contributed by atoms with van der Waals surface area (Å²) in [7, 11) is 3.96. The summed E-state index contributed by atoms with van der Waals surface area (Å²) in [5, 5.41) is 3.35. The van der Waals surface area contributed by atoms with Gasteiger partial charge in [-0.15, -0.1) is 0 Å². The van der Waals surface area contributed by atoms with Crippen LogP contribution in [-0.4, -0.2) is 24.2 Å². The highest BCUT2D eigenvalue weighted by atomic mass is 32.1. The molecule has 0 aliphatic carbocycles. The molecule has 0 N–H and O–H groups in total. The molecule has 0 radical (unpaired) electrons. The maximum absolute atomic E-state index is 4.57. The quantitative estimate of drug-likeness (QED) is 0.591. The van der Waals surface area contributed by atoms with Gasteiger partial charge in [0.1, 0.15) is 0 Å². The van der Waals surface area contributed by atoms with Crippen LogP contribution in [0.4, 0.5) is 10.8 Å². The molecule has 2 aromatic rings. The molecule has 0 atom stereocenters. The van der Waals surface area contributed by atoms with Crippen molar-refractivity contribution < 1.29 is 0 Å². The number of benzene rings is 1. The number of thiocarbonyl (C=S) groups is 1. The Hall–Kier alpha value is -1.29. The van der Waals surface area contributed by atoms with Crippen LogP contribution >= 0.6 is 23.6 Å². The molecule has 1 aromatic carbocycles. The molecular formula is C10H9N3S2. The summed E-state index contributed by atoms with van der Waals surface area (Å²) < 4.78 is 1.12. The van der Waals surface area contributed by atoms with Crippen LogP contribution in [0.2, 0.25) is 0 Å². The number of fused-ring (bicyclic) bond motifs is 1. The summed E-state index contributed by atoms with van der Waals surface area (Å²) in [6.07, 6.45) is 0. The molecule has 2 rings (SSSR count). The van der Waals surface area contributed by atoms with Crippen LogP contribution in [0.1, 0.15) is 0 Å². The van der Waals surface area contributed by atoms with Gasteiger partial charge in [0.15, 0.2) is 5.13 Å². The van der Waals surface area contributed by atoms with Gasteiger partial charge in [0.25, 0.3) is 0 Å². The molecule has 0 amide bonds. The Morgan fingerprint density at radius 2 is 2.27 bits per heavy atom. The fourth-order valence-corrected chi connectivity index (χ4v) is 2.24. The molecule has 0 unspecified atom stereocenters. The van der Waals surface area contributed by atoms with Crippen LogP contribution < -0.4 is 4.90 Å². The third-order valence-corrected chi connectivity index (χ3v) is 3.20. The van der Waals surface area contributed by atoms with Gasteiger partial charge in [-0.1, -0.05) is 11.3 Å². The first-order valence-corrected chi connectivity index (χ1v) is 5.59. The van der Waals surface area contributed by atoms with E-state index in [1.807, 2.05) is 37.2 Å². The van der Waals surface area contributed by atoms with E-state index in [0.29, 0.717) is 0 Å². The van der Waals surface area contributed by atoms with E-state index in [0.717, 1.165) is 21.0 Å². The molecule has 0 bridgehead atoms. The Balaban J connectivity index is 2.56. The summed E-state index contributed by atoms with van der Waals surface area (Å²) in [4.78, 5) is 10.4. The van der Waals surface area contributed by atoms with Crippen molar-refractivity contribution in [2.75, 3.05) is 19.0 Å². The van der Waals surface area contributed by atoms with Crippen LogP contribution in [0.3, 0.4) is 0 Å². The minimum atomic E-state index is 0.825. The average Bonchev–Trinajstić information content (AvgIpc) is 2.61. The number of thiazole rings is 1. The second-order valence-electron chi connectivity index (χ2n) is 3.25. The van der Waals surface area contributed by atoms with E-state index in [2.05, 4.69) is 27.4 Å². The molecule has 1 heterocycles. The summed E-state index contributed by atoms with van der Waals surface area (Å²) in [6, 6.07) is 5.81. The lowest BCUT2D eigenvalue weighted by atomic mass is 10.3. The maximum Gasteiger partial charge on any atom is 0.185 e. The summed E-state index contributed by atoms with van der Waals surface area (Å²) in [6.45, 7) is 0. The van der Waals surface area contributed by atoms with Gasteiger partial charge in [-0.25, -0.2) is 4.98 Å². The summed E-state index contributed by atoms with van der Waals surface area (Å²) in [5.41, 5.74) is 1.82. The molecule has 15 heavy (non-hydrogen) atoms. The molecule has 0 fully saturated rings. The van der Waals surface area contributed by atoms with Crippen molar-refractivity contribution in [3.8, 4) is 0 Å². The standard InChI is InChI=1S/C10H9N3S2/c1-13(2)10-12-8-4-3-7(11-6-14)5-9(8)15-10/h3-5H,1-2H3. The van der Waals surface area contributed by atoms with Crippen LogP contribution in [0.15, 0.2) is 23.2 Å². The van der Waals surface area contributed by atoms with Gasteiger partial charge in [-0.2, -0.15) is 4.99 Å². The fraction of sp³-hybridized carbons (Fsp3) is 0.200. The number of aliphatic imine (C=N–C) groups is 1. The zero-order valence-electron chi connectivity index (χ0n) is 8.39. The molecule has 0 aliphatic heterocycles. The number of nitrogens with zero attached hydrogens (tertiary/aromatic N) is 3.